The van der Waals surface area contributed by atoms with Gasteiger partial charge in [-0.15, -0.1) is 11.3 Å². The Kier molecular flexibility index (Phi) is 3.42. The molecule has 88 valence electrons. The highest BCUT2D eigenvalue weighted by Crippen LogP contribution is 2.22. The second-order valence-electron chi connectivity index (χ2n) is 4.28. The van der Waals surface area contributed by atoms with Crippen LogP contribution in [0.2, 0.25) is 0 Å². The Morgan fingerprint density at radius 3 is 2.88 bits per heavy atom. The number of aryl methyl sites for hydroxylation is 1. The maximum atomic E-state index is 12.0. The number of ether oxygens (including phenoxy) is 1. The largest absolute Gasteiger partial charge is 0.379 e. The van der Waals surface area contributed by atoms with Crippen LogP contribution in [0.15, 0.2) is 12.1 Å². The molecule has 3 nitrogen and oxygen atoms in total. The van der Waals surface area contributed by atoms with E-state index < -0.39 is 5.54 Å². The van der Waals surface area contributed by atoms with Gasteiger partial charge in [0.05, 0.1) is 6.61 Å². The summed E-state index contributed by atoms with van der Waals surface area (Å²) in [7, 11) is 0. The van der Waals surface area contributed by atoms with E-state index >= 15 is 0 Å². The van der Waals surface area contributed by atoms with E-state index in [2.05, 4.69) is 13.0 Å². The number of carbonyl (C=O) groups is 1. The van der Waals surface area contributed by atoms with Gasteiger partial charge in [0.15, 0.2) is 5.78 Å². The summed E-state index contributed by atoms with van der Waals surface area (Å²) in [6, 6.07) is 4.11. The average molecular weight is 239 g/mol. The minimum atomic E-state index is -0.740. The first-order chi connectivity index (χ1) is 7.64. The lowest BCUT2D eigenvalue weighted by molar-refractivity contribution is -0.123. The van der Waals surface area contributed by atoms with Gasteiger partial charge in [0.2, 0.25) is 0 Å². The van der Waals surface area contributed by atoms with Crippen molar-refractivity contribution in [3.8, 4) is 0 Å². The van der Waals surface area contributed by atoms with Gasteiger partial charge in [-0.2, -0.15) is 0 Å². The SMILES string of the molecule is CCc1ccc(CC(=O)C2(N)CCOC2)s1. The van der Waals surface area contributed by atoms with Gasteiger partial charge in [-0.3, -0.25) is 4.79 Å². The first-order valence-electron chi connectivity index (χ1n) is 5.61. The zero-order valence-corrected chi connectivity index (χ0v) is 10.3. The second kappa shape index (κ2) is 4.65. The van der Waals surface area contributed by atoms with E-state index in [9.17, 15) is 4.79 Å². The van der Waals surface area contributed by atoms with Gasteiger partial charge in [0.25, 0.3) is 0 Å². The predicted octanol–water partition coefficient (Wildman–Crippen LogP) is 1.54. The van der Waals surface area contributed by atoms with Gasteiger partial charge >= 0.3 is 0 Å². The van der Waals surface area contributed by atoms with Crippen molar-refractivity contribution in [3.63, 3.8) is 0 Å². The normalized spacial score (nSPS) is 24.9. The zero-order chi connectivity index (χ0) is 11.6. The minimum absolute atomic E-state index is 0.106. The van der Waals surface area contributed by atoms with E-state index in [0.29, 0.717) is 26.1 Å². The third kappa shape index (κ3) is 2.34. The molecule has 1 unspecified atom stereocenters. The van der Waals surface area contributed by atoms with E-state index in [-0.39, 0.29) is 5.78 Å². The molecule has 1 aromatic rings. The number of Topliss-reactive ketones (excluding diaryl/α,β-unsaturated/α-hetero) is 1. The molecule has 1 aliphatic heterocycles. The summed E-state index contributed by atoms with van der Waals surface area (Å²) in [5, 5.41) is 0. The van der Waals surface area contributed by atoms with Crippen molar-refractivity contribution in [1.29, 1.82) is 0 Å². The third-order valence-corrected chi connectivity index (χ3v) is 4.24. The van der Waals surface area contributed by atoms with E-state index in [0.717, 1.165) is 11.3 Å². The Labute approximate surface area is 99.6 Å². The van der Waals surface area contributed by atoms with Gasteiger partial charge in [-0.05, 0) is 25.0 Å². The lowest BCUT2D eigenvalue weighted by Crippen LogP contribution is -2.49. The molecule has 2 N–H and O–H groups in total. The van der Waals surface area contributed by atoms with Gasteiger partial charge in [0, 0.05) is 22.8 Å². The van der Waals surface area contributed by atoms with E-state index in [4.69, 9.17) is 10.5 Å². The van der Waals surface area contributed by atoms with Crippen molar-refractivity contribution < 1.29 is 9.53 Å². The summed E-state index contributed by atoms with van der Waals surface area (Å²) in [4.78, 5) is 14.5. The van der Waals surface area contributed by atoms with Gasteiger partial charge < -0.3 is 10.5 Å². The smallest absolute Gasteiger partial charge is 0.160 e. The maximum absolute atomic E-state index is 12.0. The summed E-state index contributed by atoms with van der Waals surface area (Å²) in [5.74, 6) is 0.106. The summed E-state index contributed by atoms with van der Waals surface area (Å²) in [5.41, 5.74) is 5.28. The number of hydrogen-bond acceptors (Lipinski definition) is 4. The first kappa shape index (κ1) is 11.8. The number of nitrogens with two attached hydrogens (primary N) is 1. The van der Waals surface area contributed by atoms with Crippen molar-refractivity contribution in [2.45, 2.75) is 31.7 Å². The van der Waals surface area contributed by atoms with Crippen molar-refractivity contribution in [2.24, 2.45) is 5.73 Å². The fourth-order valence-electron chi connectivity index (χ4n) is 1.84. The number of thiophene rings is 1. The van der Waals surface area contributed by atoms with Crippen LogP contribution in [0.5, 0.6) is 0 Å². The molecule has 0 aromatic carbocycles. The molecule has 1 saturated heterocycles. The van der Waals surface area contributed by atoms with Crippen LogP contribution in [-0.4, -0.2) is 24.5 Å². The molecule has 1 atom stereocenters. The van der Waals surface area contributed by atoms with Crippen LogP contribution < -0.4 is 5.73 Å². The van der Waals surface area contributed by atoms with E-state index in [1.807, 2.05) is 6.07 Å². The molecule has 1 aliphatic rings. The lowest BCUT2D eigenvalue weighted by atomic mass is 9.92. The number of ketones is 1. The molecule has 2 rings (SSSR count). The Balaban J connectivity index is 2.01. The molecular formula is C12H17NO2S. The fourth-order valence-corrected chi connectivity index (χ4v) is 2.80. The number of rotatable bonds is 4. The molecule has 0 saturated carbocycles. The average Bonchev–Trinajstić information content (AvgIpc) is 2.88. The Bertz CT molecular complexity index is 380. The van der Waals surface area contributed by atoms with Crippen molar-refractivity contribution in [3.05, 3.63) is 21.9 Å². The Morgan fingerprint density at radius 2 is 2.31 bits per heavy atom. The molecule has 16 heavy (non-hydrogen) atoms. The van der Waals surface area contributed by atoms with Crippen LogP contribution in [0.25, 0.3) is 0 Å². The van der Waals surface area contributed by atoms with Gasteiger partial charge in [-0.1, -0.05) is 6.92 Å². The fraction of sp³-hybridized carbons (Fsp3) is 0.583. The Morgan fingerprint density at radius 1 is 1.56 bits per heavy atom. The Hall–Kier alpha value is -0.710. The summed E-state index contributed by atoms with van der Waals surface area (Å²) < 4.78 is 5.20. The van der Waals surface area contributed by atoms with E-state index in [1.54, 1.807) is 11.3 Å². The topological polar surface area (TPSA) is 52.3 Å². The summed E-state index contributed by atoms with van der Waals surface area (Å²) in [6.45, 7) is 3.09. The molecule has 0 aliphatic carbocycles. The molecule has 0 bridgehead atoms. The van der Waals surface area contributed by atoms with Crippen LogP contribution in [0.1, 0.15) is 23.1 Å². The second-order valence-corrected chi connectivity index (χ2v) is 5.53. The zero-order valence-electron chi connectivity index (χ0n) is 9.49. The summed E-state index contributed by atoms with van der Waals surface area (Å²) in [6.07, 6.45) is 2.12. The molecule has 2 heterocycles. The highest BCUT2D eigenvalue weighted by atomic mass is 32.1. The predicted molar refractivity (Wildman–Crippen MR) is 64.8 cm³/mol. The van der Waals surface area contributed by atoms with Gasteiger partial charge in [-0.25, -0.2) is 0 Å². The van der Waals surface area contributed by atoms with Crippen molar-refractivity contribution >= 4 is 17.1 Å². The van der Waals surface area contributed by atoms with Gasteiger partial charge in [0.1, 0.15) is 5.54 Å². The van der Waals surface area contributed by atoms with E-state index in [1.165, 1.54) is 4.88 Å². The molecule has 1 fully saturated rings. The van der Waals surface area contributed by atoms with Crippen LogP contribution in [0.3, 0.4) is 0 Å². The number of hydrogen-bond donors (Lipinski definition) is 1. The third-order valence-electron chi connectivity index (χ3n) is 3.01. The molecule has 1 aromatic heterocycles. The van der Waals surface area contributed by atoms with Crippen LogP contribution in [0.4, 0.5) is 0 Å². The number of carbonyl (C=O) groups excluding carboxylic acids is 1. The molecule has 0 radical (unpaired) electrons. The summed E-state index contributed by atoms with van der Waals surface area (Å²) >= 11 is 1.70. The van der Waals surface area contributed by atoms with Crippen LogP contribution in [0, 0.1) is 0 Å². The molecular weight excluding hydrogens is 222 g/mol. The quantitative estimate of drug-likeness (QED) is 0.867. The standard InChI is InChI=1S/C12H17NO2S/c1-2-9-3-4-10(16-9)7-11(14)12(13)5-6-15-8-12/h3-4H,2,5-8,13H2,1H3. The lowest BCUT2D eigenvalue weighted by Gasteiger charge is -2.19. The van der Waals surface area contributed by atoms with Crippen molar-refractivity contribution in [1.82, 2.24) is 0 Å². The monoisotopic (exact) mass is 239 g/mol. The highest BCUT2D eigenvalue weighted by Gasteiger charge is 2.37. The van der Waals surface area contributed by atoms with Crippen LogP contribution >= 0.6 is 11.3 Å². The molecule has 0 amide bonds. The molecule has 0 spiro atoms. The van der Waals surface area contributed by atoms with Crippen LogP contribution in [-0.2, 0) is 22.4 Å². The van der Waals surface area contributed by atoms with Crippen molar-refractivity contribution in [2.75, 3.05) is 13.2 Å². The minimum Gasteiger partial charge on any atom is -0.379 e. The first-order valence-corrected chi connectivity index (χ1v) is 6.43. The highest BCUT2D eigenvalue weighted by molar-refractivity contribution is 7.12. The maximum Gasteiger partial charge on any atom is 0.160 e. The molecule has 4 heteroatoms.